The molecule has 13 heavy (non-hydrogen) atoms. The van der Waals surface area contributed by atoms with Gasteiger partial charge < -0.3 is 4.74 Å². The summed E-state index contributed by atoms with van der Waals surface area (Å²) in [6, 6.07) is 0. The lowest BCUT2D eigenvalue weighted by molar-refractivity contribution is -0.168. The van der Waals surface area contributed by atoms with E-state index in [0.717, 1.165) is 6.42 Å². The van der Waals surface area contributed by atoms with Gasteiger partial charge in [-0.05, 0) is 19.3 Å². The van der Waals surface area contributed by atoms with Gasteiger partial charge in [-0.15, -0.1) is 0 Å². The van der Waals surface area contributed by atoms with Crippen molar-refractivity contribution in [2.24, 2.45) is 11.3 Å². The number of carbonyl (C=O) groups is 1. The summed E-state index contributed by atoms with van der Waals surface area (Å²) in [7, 11) is 1.64. The smallest absolute Gasteiger partial charge is 0.164 e. The molecule has 0 aromatic rings. The van der Waals surface area contributed by atoms with Crippen molar-refractivity contribution >= 4 is 5.78 Å². The number of methoxy groups -OCH3 is 1. The molecule has 1 aliphatic carbocycles. The second-order valence-electron chi connectivity index (χ2n) is 4.82. The number of hydrogen-bond acceptors (Lipinski definition) is 2. The van der Waals surface area contributed by atoms with Crippen molar-refractivity contribution in [3.63, 3.8) is 0 Å². The second-order valence-corrected chi connectivity index (χ2v) is 4.82. The highest BCUT2D eigenvalue weighted by Crippen LogP contribution is 2.47. The number of hydrogen-bond donors (Lipinski definition) is 0. The number of carbonyl (C=O) groups excluding carboxylic acids is 1. The SMILES string of the molecule is CO[C@@]1(C)C(=O)CCC(C)C1(C)C. The lowest BCUT2D eigenvalue weighted by Crippen LogP contribution is -2.56. The molecule has 0 aromatic carbocycles. The summed E-state index contributed by atoms with van der Waals surface area (Å²) in [5.74, 6) is 0.785. The van der Waals surface area contributed by atoms with E-state index in [1.165, 1.54) is 0 Å². The van der Waals surface area contributed by atoms with Crippen LogP contribution in [-0.4, -0.2) is 18.5 Å². The molecule has 1 unspecified atom stereocenters. The van der Waals surface area contributed by atoms with Crippen LogP contribution in [0.3, 0.4) is 0 Å². The molecule has 1 fully saturated rings. The van der Waals surface area contributed by atoms with Crippen LogP contribution < -0.4 is 0 Å². The fourth-order valence-corrected chi connectivity index (χ4v) is 2.15. The van der Waals surface area contributed by atoms with Gasteiger partial charge in [-0.1, -0.05) is 20.8 Å². The molecule has 0 saturated heterocycles. The molecule has 0 amide bonds. The molecule has 0 spiro atoms. The third kappa shape index (κ3) is 1.32. The predicted molar refractivity (Wildman–Crippen MR) is 52.6 cm³/mol. The largest absolute Gasteiger partial charge is 0.370 e. The predicted octanol–water partition coefficient (Wildman–Crippen LogP) is 2.42. The van der Waals surface area contributed by atoms with Crippen molar-refractivity contribution in [2.45, 2.75) is 46.1 Å². The standard InChI is InChI=1S/C11H20O2/c1-8-6-7-9(12)11(4,13-5)10(8,2)3/h8H,6-7H2,1-5H3/t8?,11-/m0/s1. The molecule has 2 nitrogen and oxygen atoms in total. The third-order valence-electron chi connectivity index (χ3n) is 4.21. The molecule has 1 rings (SSSR count). The van der Waals surface area contributed by atoms with Crippen molar-refractivity contribution in [2.75, 3.05) is 7.11 Å². The maximum atomic E-state index is 11.8. The van der Waals surface area contributed by atoms with Gasteiger partial charge in [0.05, 0.1) is 0 Å². The van der Waals surface area contributed by atoms with Crippen molar-refractivity contribution in [3.8, 4) is 0 Å². The zero-order valence-electron chi connectivity index (χ0n) is 9.31. The van der Waals surface area contributed by atoms with Crippen molar-refractivity contribution < 1.29 is 9.53 Å². The van der Waals surface area contributed by atoms with Gasteiger partial charge in [-0.25, -0.2) is 0 Å². The van der Waals surface area contributed by atoms with Crippen LogP contribution in [-0.2, 0) is 9.53 Å². The number of rotatable bonds is 1. The third-order valence-corrected chi connectivity index (χ3v) is 4.21. The lowest BCUT2D eigenvalue weighted by atomic mass is 9.60. The highest BCUT2D eigenvalue weighted by Gasteiger charge is 2.52. The second kappa shape index (κ2) is 3.09. The van der Waals surface area contributed by atoms with Crippen LogP contribution in [0, 0.1) is 11.3 Å². The Hall–Kier alpha value is -0.370. The highest BCUT2D eigenvalue weighted by atomic mass is 16.5. The number of Topliss-reactive ketones (excluding diaryl/α,β-unsaturated/α-hetero) is 1. The molecule has 0 radical (unpaired) electrons. The Labute approximate surface area is 80.7 Å². The van der Waals surface area contributed by atoms with E-state index in [1.54, 1.807) is 7.11 Å². The van der Waals surface area contributed by atoms with Gasteiger partial charge in [-0.3, -0.25) is 4.79 Å². The fraction of sp³-hybridized carbons (Fsp3) is 0.909. The Morgan fingerprint density at radius 2 is 1.92 bits per heavy atom. The van der Waals surface area contributed by atoms with E-state index in [1.807, 2.05) is 6.92 Å². The normalized spacial score (nSPS) is 39.2. The van der Waals surface area contributed by atoms with Crippen molar-refractivity contribution in [1.82, 2.24) is 0 Å². The molecule has 1 aliphatic rings. The highest BCUT2D eigenvalue weighted by molar-refractivity contribution is 5.88. The number of ketones is 1. The minimum atomic E-state index is -0.593. The van der Waals surface area contributed by atoms with E-state index in [-0.39, 0.29) is 11.2 Å². The monoisotopic (exact) mass is 184 g/mol. The van der Waals surface area contributed by atoms with E-state index in [0.29, 0.717) is 12.3 Å². The molecule has 76 valence electrons. The number of ether oxygens (including phenoxy) is 1. The van der Waals surface area contributed by atoms with Crippen LogP contribution in [0.15, 0.2) is 0 Å². The zero-order valence-corrected chi connectivity index (χ0v) is 9.31. The van der Waals surface area contributed by atoms with Crippen LogP contribution >= 0.6 is 0 Å². The Morgan fingerprint density at radius 1 is 1.38 bits per heavy atom. The maximum absolute atomic E-state index is 11.8. The van der Waals surface area contributed by atoms with E-state index >= 15 is 0 Å². The molecular weight excluding hydrogens is 164 g/mol. The Morgan fingerprint density at radius 3 is 2.31 bits per heavy atom. The first kappa shape index (κ1) is 10.7. The quantitative estimate of drug-likeness (QED) is 0.625. The summed E-state index contributed by atoms with van der Waals surface area (Å²) < 4.78 is 5.43. The van der Waals surface area contributed by atoms with Gasteiger partial charge in [-0.2, -0.15) is 0 Å². The van der Waals surface area contributed by atoms with Gasteiger partial charge in [0.2, 0.25) is 0 Å². The summed E-state index contributed by atoms with van der Waals surface area (Å²) in [6.45, 7) is 8.37. The summed E-state index contributed by atoms with van der Waals surface area (Å²) in [5.41, 5.74) is -0.651. The molecule has 1 saturated carbocycles. The van der Waals surface area contributed by atoms with Crippen LogP contribution in [0.4, 0.5) is 0 Å². The van der Waals surface area contributed by atoms with Crippen LogP contribution in [0.5, 0.6) is 0 Å². The molecule has 0 aliphatic heterocycles. The molecular formula is C11H20O2. The Kier molecular flexibility index (Phi) is 2.54. The van der Waals surface area contributed by atoms with Crippen molar-refractivity contribution in [3.05, 3.63) is 0 Å². The molecule has 2 heteroatoms. The fourth-order valence-electron chi connectivity index (χ4n) is 2.15. The van der Waals surface area contributed by atoms with Crippen LogP contribution in [0.2, 0.25) is 0 Å². The van der Waals surface area contributed by atoms with Crippen molar-refractivity contribution in [1.29, 1.82) is 0 Å². The van der Waals surface area contributed by atoms with Gasteiger partial charge in [0.15, 0.2) is 5.78 Å². The van der Waals surface area contributed by atoms with Gasteiger partial charge >= 0.3 is 0 Å². The first-order valence-corrected chi connectivity index (χ1v) is 4.94. The summed E-state index contributed by atoms with van der Waals surface area (Å²) in [4.78, 5) is 11.8. The van der Waals surface area contributed by atoms with E-state index < -0.39 is 5.60 Å². The Balaban J connectivity index is 3.05. The van der Waals surface area contributed by atoms with E-state index in [4.69, 9.17) is 4.74 Å². The van der Waals surface area contributed by atoms with Gasteiger partial charge in [0.25, 0.3) is 0 Å². The summed E-state index contributed by atoms with van der Waals surface area (Å²) in [6.07, 6.45) is 1.65. The molecule has 0 N–H and O–H groups in total. The first-order valence-electron chi connectivity index (χ1n) is 4.94. The summed E-state index contributed by atoms with van der Waals surface area (Å²) in [5, 5.41) is 0. The minimum Gasteiger partial charge on any atom is -0.370 e. The topological polar surface area (TPSA) is 26.3 Å². The molecule has 0 aromatic heterocycles. The molecule has 0 heterocycles. The van der Waals surface area contributed by atoms with Gasteiger partial charge in [0, 0.05) is 18.9 Å². The molecule has 0 bridgehead atoms. The zero-order chi connectivity index (χ0) is 10.3. The van der Waals surface area contributed by atoms with Crippen LogP contribution in [0.1, 0.15) is 40.5 Å². The average Bonchev–Trinajstić information content (AvgIpc) is 2.09. The molecule has 2 atom stereocenters. The Bertz CT molecular complexity index is 220. The maximum Gasteiger partial charge on any atom is 0.164 e. The minimum absolute atomic E-state index is 0.0584. The summed E-state index contributed by atoms with van der Waals surface area (Å²) >= 11 is 0. The van der Waals surface area contributed by atoms with Crippen LogP contribution in [0.25, 0.3) is 0 Å². The van der Waals surface area contributed by atoms with Gasteiger partial charge in [0.1, 0.15) is 5.60 Å². The first-order chi connectivity index (χ1) is 5.86. The average molecular weight is 184 g/mol. The van der Waals surface area contributed by atoms with E-state index in [9.17, 15) is 4.79 Å². The van der Waals surface area contributed by atoms with E-state index in [2.05, 4.69) is 20.8 Å². The lowest BCUT2D eigenvalue weighted by Gasteiger charge is -2.49.